The highest BCUT2D eigenvalue weighted by Gasteiger charge is 2.50. The summed E-state index contributed by atoms with van der Waals surface area (Å²) in [5, 5.41) is 53.9. The van der Waals surface area contributed by atoms with Crippen molar-refractivity contribution in [1.29, 1.82) is 0 Å². The molecule has 2 aliphatic heterocycles. The number of hydrogen-bond acceptors (Lipinski definition) is 13. The Morgan fingerprint density at radius 2 is 1.63 bits per heavy atom. The van der Waals surface area contributed by atoms with Crippen LogP contribution in [0.1, 0.15) is 104 Å². The molecule has 1 aromatic heterocycles. The van der Waals surface area contributed by atoms with Gasteiger partial charge in [0.2, 0.25) is 0 Å². The summed E-state index contributed by atoms with van der Waals surface area (Å²) in [5.74, 6) is 0.537. The van der Waals surface area contributed by atoms with Gasteiger partial charge in [0.05, 0.1) is 61.4 Å². The maximum atomic E-state index is 13.8. The third-order valence-corrected chi connectivity index (χ3v) is 14.5. The van der Waals surface area contributed by atoms with Gasteiger partial charge in [0.25, 0.3) is 0 Å². The Bertz CT molecular complexity index is 1590. The van der Waals surface area contributed by atoms with Crippen LogP contribution in [0.25, 0.3) is 0 Å². The molecule has 3 heterocycles. The minimum absolute atomic E-state index is 0.0751. The van der Waals surface area contributed by atoms with Gasteiger partial charge < -0.3 is 44.4 Å². The van der Waals surface area contributed by atoms with E-state index in [1.165, 1.54) is 32.1 Å². The van der Waals surface area contributed by atoms with Gasteiger partial charge in [-0.2, -0.15) is 0 Å². The molecule has 12 atom stereocenters. The molecule has 7 rings (SSSR count). The van der Waals surface area contributed by atoms with E-state index in [-0.39, 0.29) is 24.7 Å². The van der Waals surface area contributed by atoms with E-state index >= 15 is 0 Å². The van der Waals surface area contributed by atoms with Crippen LogP contribution < -0.4 is 0 Å². The molecule has 2 unspecified atom stereocenters. The standard InChI is InChI=1S/C45H73N5O9/c1-9-38-34(24-51)14-25(2)10-11-36(52)26(3)15-31(12-13-49(8)22-35-23-50(47-46-35)40-32-17-29-16-30(19-32)20-33(40)18-29)44(27(4)37(53)21-39(54)58-38)59-45-43(56)41(48(6)7)42(55)28(5)57-45/h10-11,14,23,26-34,37-38,40-45,51,53,55-56H,9,12-13,15-22,24H2,1-8H3/b11-10+,25-14+/t26-,27+,28-,29?,30?,31+,32?,33?,34-,37-,38-,40?,41?,42-,43?,44-,45+/m1/s1. The van der Waals surface area contributed by atoms with Crippen molar-refractivity contribution in [3.05, 3.63) is 35.7 Å². The van der Waals surface area contributed by atoms with Crippen molar-refractivity contribution in [2.75, 3.05) is 34.3 Å². The SMILES string of the molecule is CC[C@H]1OC(=O)C[C@@H](O)[C@H](C)[C@@H](O[C@@H]2O[C@H](C)[C@@H](O)C(N(C)C)C2O)[C@@H](CCN(C)Cc2cn(C3C4CC5CC(C4)CC3C5)nn2)C[C@@H](C)C(=O)/C=C/C(C)=C/[C@@H]1CO. The van der Waals surface area contributed by atoms with Crippen molar-refractivity contribution in [2.45, 2.75) is 154 Å². The van der Waals surface area contributed by atoms with Gasteiger partial charge in [0, 0.05) is 24.3 Å². The van der Waals surface area contributed by atoms with E-state index < -0.39 is 72.7 Å². The molecule has 0 amide bonds. The molecule has 5 fully saturated rings. The molecule has 4 saturated carbocycles. The van der Waals surface area contributed by atoms with Crippen LogP contribution in [-0.2, 0) is 30.3 Å². The molecule has 4 N–H and O–H groups in total. The summed E-state index contributed by atoms with van der Waals surface area (Å²) in [7, 11) is 5.59. The van der Waals surface area contributed by atoms with Gasteiger partial charge in [-0.1, -0.05) is 43.7 Å². The lowest BCUT2D eigenvalue weighted by Gasteiger charge is -2.54. The number of nitrogens with zero attached hydrogens (tertiary/aromatic N) is 5. The average Bonchev–Trinajstić information content (AvgIpc) is 3.64. The molecule has 1 aromatic rings. The largest absolute Gasteiger partial charge is 0.462 e. The van der Waals surface area contributed by atoms with Gasteiger partial charge in [0.1, 0.15) is 12.2 Å². The zero-order chi connectivity index (χ0) is 42.7. The lowest BCUT2D eigenvalue weighted by atomic mass is 9.54. The lowest BCUT2D eigenvalue weighted by molar-refractivity contribution is -0.304. The number of cyclic esters (lactones) is 1. The Balaban J connectivity index is 1.25. The zero-order valence-corrected chi connectivity index (χ0v) is 36.7. The normalized spacial score (nSPS) is 42.5. The van der Waals surface area contributed by atoms with E-state index in [9.17, 15) is 30.0 Å². The van der Waals surface area contributed by atoms with Gasteiger partial charge in [-0.25, -0.2) is 4.68 Å². The minimum Gasteiger partial charge on any atom is -0.462 e. The molecular formula is C45H73N5O9. The molecule has 0 spiro atoms. The van der Waals surface area contributed by atoms with Crippen LogP contribution in [0.15, 0.2) is 30.0 Å². The smallest absolute Gasteiger partial charge is 0.308 e. The first-order valence-electron chi connectivity index (χ1n) is 22.4. The summed E-state index contributed by atoms with van der Waals surface area (Å²) in [6.07, 6.45) is 8.30. The van der Waals surface area contributed by atoms with Crippen molar-refractivity contribution in [3.63, 3.8) is 0 Å². The molecule has 14 heteroatoms. The van der Waals surface area contributed by atoms with Gasteiger partial charge >= 0.3 is 5.97 Å². The number of allylic oxidation sites excluding steroid dienone is 3. The number of carbonyl (C=O) groups is 2. The highest BCUT2D eigenvalue weighted by Crippen LogP contribution is 2.58. The molecule has 6 aliphatic rings. The van der Waals surface area contributed by atoms with Crippen LogP contribution in [0, 0.1) is 47.3 Å². The topological polar surface area (TPSA) is 180 Å². The fourth-order valence-corrected chi connectivity index (χ4v) is 11.5. The van der Waals surface area contributed by atoms with Gasteiger partial charge in [0.15, 0.2) is 12.1 Å². The minimum atomic E-state index is -1.23. The summed E-state index contributed by atoms with van der Waals surface area (Å²) >= 11 is 0. The number of likely N-dealkylation sites (N-methyl/N-ethyl adjacent to an activating group) is 1. The van der Waals surface area contributed by atoms with Crippen molar-refractivity contribution < 1.29 is 44.2 Å². The van der Waals surface area contributed by atoms with Gasteiger partial charge in [-0.05, 0) is 129 Å². The van der Waals surface area contributed by atoms with Crippen molar-refractivity contribution >= 4 is 11.8 Å². The van der Waals surface area contributed by atoms with Crippen LogP contribution >= 0.6 is 0 Å². The van der Waals surface area contributed by atoms with Gasteiger partial charge in [-0.3, -0.25) is 9.59 Å². The van der Waals surface area contributed by atoms with E-state index in [0.717, 1.165) is 23.1 Å². The highest BCUT2D eigenvalue weighted by molar-refractivity contribution is 5.91. The predicted molar refractivity (Wildman–Crippen MR) is 221 cm³/mol. The number of hydrogen-bond donors (Lipinski definition) is 4. The molecular weight excluding hydrogens is 755 g/mol. The summed E-state index contributed by atoms with van der Waals surface area (Å²) in [5.41, 5.74) is 1.66. The van der Waals surface area contributed by atoms with E-state index in [1.54, 1.807) is 38.1 Å². The molecule has 59 heavy (non-hydrogen) atoms. The van der Waals surface area contributed by atoms with Gasteiger partial charge in [-0.15, -0.1) is 5.10 Å². The van der Waals surface area contributed by atoms with E-state index in [0.29, 0.717) is 50.2 Å². The van der Waals surface area contributed by atoms with Crippen LogP contribution in [-0.4, -0.2) is 140 Å². The summed E-state index contributed by atoms with van der Waals surface area (Å²) in [6, 6.07) is -0.255. The number of aliphatic hydroxyl groups is 4. The Morgan fingerprint density at radius 1 is 0.949 bits per heavy atom. The summed E-state index contributed by atoms with van der Waals surface area (Å²) in [6.45, 7) is 10.1. The molecule has 4 aliphatic carbocycles. The van der Waals surface area contributed by atoms with Crippen LogP contribution in [0.4, 0.5) is 0 Å². The molecule has 332 valence electrons. The third kappa shape index (κ3) is 10.9. The Kier molecular flexibility index (Phi) is 15.6. The quantitative estimate of drug-likeness (QED) is 0.236. The second kappa shape index (κ2) is 20.1. The van der Waals surface area contributed by atoms with E-state index in [1.807, 2.05) is 40.8 Å². The first kappa shape index (κ1) is 46.0. The first-order valence-corrected chi connectivity index (χ1v) is 22.4. The van der Waals surface area contributed by atoms with Crippen molar-refractivity contribution in [2.24, 2.45) is 47.3 Å². The molecule has 14 nitrogen and oxygen atoms in total. The van der Waals surface area contributed by atoms with Crippen molar-refractivity contribution in [1.82, 2.24) is 24.8 Å². The number of esters is 1. The number of aliphatic hydroxyl groups excluding tert-OH is 4. The molecule has 0 aromatic carbocycles. The van der Waals surface area contributed by atoms with Crippen LogP contribution in [0.2, 0.25) is 0 Å². The van der Waals surface area contributed by atoms with Crippen LogP contribution in [0.5, 0.6) is 0 Å². The Hall–Kier alpha value is -2.56. The maximum Gasteiger partial charge on any atom is 0.308 e. The fraction of sp³-hybridized carbons (Fsp3) is 0.822. The predicted octanol–water partition coefficient (Wildman–Crippen LogP) is 3.92. The zero-order valence-electron chi connectivity index (χ0n) is 36.7. The maximum absolute atomic E-state index is 13.8. The van der Waals surface area contributed by atoms with E-state index in [2.05, 4.69) is 26.1 Å². The third-order valence-electron chi connectivity index (χ3n) is 14.5. The Labute approximate surface area is 351 Å². The monoisotopic (exact) mass is 828 g/mol. The van der Waals surface area contributed by atoms with E-state index in [4.69, 9.17) is 14.2 Å². The number of carbonyl (C=O) groups excluding carboxylic acids is 2. The highest BCUT2D eigenvalue weighted by atomic mass is 16.7. The molecule has 1 saturated heterocycles. The number of aromatic nitrogens is 3. The lowest BCUT2D eigenvalue weighted by Crippen LogP contribution is -2.63. The second-order valence-corrected chi connectivity index (χ2v) is 19.3. The number of ether oxygens (including phenoxy) is 3. The van der Waals surface area contributed by atoms with Crippen molar-refractivity contribution in [3.8, 4) is 0 Å². The number of ketones is 1. The second-order valence-electron chi connectivity index (χ2n) is 19.3. The average molecular weight is 828 g/mol. The Morgan fingerprint density at radius 3 is 2.25 bits per heavy atom. The fourth-order valence-electron chi connectivity index (χ4n) is 11.5. The first-order chi connectivity index (χ1) is 28.1. The van der Waals surface area contributed by atoms with Crippen LogP contribution in [0.3, 0.4) is 0 Å². The molecule has 4 bridgehead atoms. The number of rotatable bonds is 11. The molecule has 0 radical (unpaired) electrons. The summed E-state index contributed by atoms with van der Waals surface area (Å²) < 4.78 is 20.9. The summed E-state index contributed by atoms with van der Waals surface area (Å²) in [4.78, 5) is 31.1.